The zero-order chi connectivity index (χ0) is 57.0. The van der Waals surface area contributed by atoms with Crippen molar-refractivity contribution in [2.24, 2.45) is 5.92 Å². The van der Waals surface area contributed by atoms with Crippen molar-refractivity contribution in [2.75, 3.05) is 75.4 Å². The molecule has 82 heavy (non-hydrogen) atoms. The van der Waals surface area contributed by atoms with E-state index in [-0.39, 0.29) is 78.5 Å². The number of carbonyl (C=O) groups is 3. The van der Waals surface area contributed by atoms with Gasteiger partial charge in [-0.2, -0.15) is 15.2 Å². The van der Waals surface area contributed by atoms with Gasteiger partial charge in [-0.25, -0.2) is 9.18 Å². The Morgan fingerprint density at radius 2 is 1.74 bits per heavy atom. The quantitative estimate of drug-likeness (QED) is 0.0812. The first-order valence-corrected chi connectivity index (χ1v) is 29.1. The van der Waals surface area contributed by atoms with Crippen molar-refractivity contribution in [1.29, 1.82) is 5.26 Å². The number of aliphatic hydroxyl groups excluding tert-OH is 1. The topological polar surface area (TPSA) is 239 Å². The lowest BCUT2D eigenvalue weighted by atomic mass is 9.91. The van der Waals surface area contributed by atoms with Gasteiger partial charge in [0.25, 0.3) is 0 Å². The monoisotopic (exact) mass is 1120 g/mol. The van der Waals surface area contributed by atoms with E-state index in [1.807, 2.05) is 43.9 Å². The van der Waals surface area contributed by atoms with Crippen LogP contribution in [0.2, 0.25) is 0 Å². The number of β-amino-alcohol motifs (C(OH)–C–C–N with tert-alkyl or cyclic N) is 1. The number of phenols is 1. The van der Waals surface area contributed by atoms with E-state index in [0.717, 1.165) is 67.0 Å². The number of nitrogens with one attached hydrogen (secondary N) is 2. The molecule has 2 bridgehead atoms. The maximum Gasteiger partial charge on any atom is 0.409 e. The van der Waals surface area contributed by atoms with Gasteiger partial charge in [0.15, 0.2) is 17.4 Å². The predicted octanol–water partition coefficient (Wildman–Crippen LogP) is 6.97. The molecular weight excluding hydrogens is 1050 g/mol. The molecule has 3 aromatic carbocycles. The van der Waals surface area contributed by atoms with Gasteiger partial charge in [-0.15, -0.1) is 0 Å². The van der Waals surface area contributed by atoms with Crippen LogP contribution in [-0.2, 0) is 20.7 Å². The molecule has 3 amide bonds. The lowest BCUT2D eigenvalue weighted by Crippen LogP contribution is -2.51. The second kappa shape index (κ2) is 22.6. The number of aryl methyl sites for hydroxylation is 1. The molecule has 8 atom stereocenters. The number of halogens is 1. The van der Waals surface area contributed by atoms with Gasteiger partial charge in [0.05, 0.1) is 34.7 Å². The van der Waals surface area contributed by atoms with Crippen LogP contribution < -0.4 is 25.2 Å². The van der Waals surface area contributed by atoms with E-state index in [2.05, 4.69) is 38.6 Å². The average Bonchev–Trinajstić information content (AvgIpc) is 4.42. The second-order valence-corrected chi connectivity index (χ2v) is 23.6. The highest BCUT2D eigenvalue weighted by Crippen LogP contribution is 2.44. The van der Waals surface area contributed by atoms with E-state index in [9.17, 15) is 29.9 Å². The van der Waals surface area contributed by atoms with Gasteiger partial charge >= 0.3 is 12.1 Å². The maximum atomic E-state index is 17.3. The van der Waals surface area contributed by atoms with Crippen LogP contribution in [0, 0.1) is 23.1 Å². The minimum Gasteiger partial charge on any atom is -0.508 e. The number of fused-ring (bicyclic) bond motifs is 5. The first kappa shape index (κ1) is 54.9. The number of likely N-dealkylation sites (tertiary alicyclic amines) is 1. The predicted molar refractivity (Wildman–Crippen MR) is 304 cm³/mol. The van der Waals surface area contributed by atoms with E-state index >= 15 is 4.39 Å². The van der Waals surface area contributed by atoms with Gasteiger partial charge in [0, 0.05) is 88.2 Å². The zero-order valence-electron chi connectivity index (χ0n) is 46.9. The fourth-order valence-electron chi connectivity index (χ4n) is 13.9. The Morgan fingerprint density at radius 3 is 2.49 bits per heavy atom. The number of benzene rings is 3. The Morgan fingerprint density at radius 1 is 0.963 bits per heavy atom. The highest BCUT2D eigenvalue weighted by atomic mass is 19.1. The Kier molecular flexibility index (Phi) is 15.1. The van der Waals surface area contributed by atoms with Crippen molar-refractivity contribution < 1.29 is 43.0 Å². The summed E-state index contributed by atoms with van der Waals surface area (Å²) in [6.45, 7) is 12.1. The molecule has 12 rings (SSSR count). The summed E-state index contributed by atoms with van der Waals surface area (Å²) < 4.78 is 35.9. The molecule has 6 aliphatic rings. The number of piperazine rings is 2. The van der Waals surface area contributed by atoms with Crippen LogP contribution in [0.4, 0.5) is 20.8 Å². The number of carbonyl (C=O) groups excluding carboxylic acids is 3. The number of aromatic hydroxyl groups is 1. The van der Waals surface area contributed by atoms with Gasteiger partial charge in [0.2, 0.25) is 11.8 Å². The Hall–Kier alpha value is -7.67. The first-order chi connectivity index (χ1) is 39.7. The molecule has 0 saturated carbocycles. The van der Waals surface area contributed by atoms with Crippen LogP contribution in [0.5, 0.6) is 11.8 Å². The van der Waals surface area contributed by atoms with Gasteiger partial charge < -0.3 is 54.4 Å². The van der Waals surface area contributed by atoms with Crippen molar-refractivity contribution in [3.8, 4) is 29.1 Å². The number of hydrogen-bond acceptors (Lipinski definition) is 17. The number of anilines is 2. The second-order valence-electron chi connectivity index (χ2n) is 23.6. The summed E-state index contributed by atoms with van der Waals surface area (Å²) in [5, 5.41) is 43.9. The highest BCUT2D eigenvalue weighted by Gasteiger charge is 2.51. The number of nitrogens with zero attached hydrogens (tertiary/aromatic N) is 10. The molecule has 0 radical (unpaired) electrons. The first-order valence-electron chi connectivity index (χ1n) is 29.1. The lowest BCUT2D eigenvalue weighted by Gasteiger charge is -2.36. The third-order valence-corrected chi connectivity index (χ3v) is 18.1. The minimum absolute atomic E-state index is 0.00413. The smallest absolute Gasteiger partial charge is 0.409 e. The summed E-state index contributed by atoms with van der Waals surface area (Å²) in [6, 6.07) is 19.3. The van der Waals surface area contributed by atoms with Gasteiger partial charge in [-0.3, -0.25) is 19.5 Å². The summed E-state index contributed by atoms with van der Waals surface area (Å²) >= 11 is 0. The zero-order valence-corrected chi connectivity index (χ0v) is 46.9. The van der Waals surface area contributed by atoms with Crippen LogP contribution in [-0.4, -0.2) is 164 Å². The number of aromatic nitrogens is 4. The van der Waals surface area contributed by atoms with E-state index in [0.29, 0.717) is 91.7 Å². The third kappa shape index (κ3) is 10.5. The summed E-state index contributed by atoms with van der Waals surface area (Å²) in [5.74, 6) is -0.820. The van der Waals surface area contributed by atoms with E-state index in [4.69, 9.17) is 28.9 Å². The molecule has 0 spiro atoms. The summed E-state index contributed by atoms with van der Waals surface area (Å²) in [4.78, 5) is 66.0. The molecule has 6 aliphatic heterocycles. The van der Waals surface area contributed by atoms with Crippen LogP contribution in [0.25, 0.3) is 32.9 Å². The minimum atomic E-state index is -0.889. The standard InChI is InChI=1S/C61H71FN12O8/c1-5-38-8-6-9-40-24-44(75)25-46(52(38)40)54-53(62)55-47(29-64-54)56(72-30-41-14-15-42(31-72)66-41)68-59(67-55)81-34-61-17-7-19-74(61)43(16-18-61)33-80-60(79)71-22-20-70(21-23-71)50-27-49(82-69-50)51(35(2)3)58(78)73-32-45(76)26-48(73)57(77)65-36(4)39-12-10-37(28-63)11-13-39/h6,8-13,24-25,27,29,35-36,41-43,45,48,51,66,75-76H,5,7,14-23,26,30-34H2,1-4H3,(H,65,77)/t36-,41?,42?,43-,45+,48-,51-,61+/m0/s1. The number of amides is 3. The maximum absolute atomic E-state index is 17.3. The van der Waals surface area contributed by atoms with Crippen molar-refractivity contribution in [1.82, 2.24) is 45.4 Å². The van der Waals surface area contributed by atoms with Gasteiger partial charge in [-0.05, 0) is 110 Å². The molecule has 430 valence electrons. The fourth-order valence-corrected chi connectivity index (χ4v) is 13.9. The molecule has 3 aromatic heterocycles. The fraction of sp³-hybridized carbons (Fsp3) is 0.508. The SMILES string of the molecule is CCc1cccc2cc(O)cc(-c3ncc4c(N5CC6CCC(C5)N6)nc(OC[C@]56CCCN5[C@H](COC(=O)N5CCN(c7cc([C@@H](C(=O)N8C[C@H](O)C[C@H]8C(=O)N[C@@H](C)c8ccc(C#N)cc8)C(C)C)on7)CC5)CC6)nc4c3F)c12. The van der Waals surface area contributed by atoms with Crippen LogP contribution >= 0.6 is 0 Å². The third-order valence-electron chi connectivity index (χ3n) is 18.1. The van der Waals surface area contributed by atoms with Crippen molar-refractivity contribution in [2.45, 2.75) is 127 Å². The largest absolute Gasteiger partial charge is 0.508 e. The number of aliphatic hydroxyl groups is 1. The number of pyridine rings is 1. The molecule has 21 heteroatoms. The molecule has 2 unspecified atom stereocenters. The summed E-state index contributed by atoms with van der Waals surface area (Å²) in [7, 11) is 0. The lowest BCUT2D eigenvalue weighted by molar-refractivity contribution is -0.141. The van der Waals surface area contributed by atoms with E-state index in [1.54, 1.807) is 53.6 Å². The molecule has 4 N–H and O–H groups in total. The van der Waals surface area contributed by atoms with Crippen LogP contribution in [0.15, 0.2) is 71.4 Å². The number of rotatable bonds is 15. The molecule has 0 aliphatic carbocycles. The van der Waals surface area contributed by atoms with Crippen LogP contribution in [0.3, 0.4) is 0 Å². The number of phenolic OH excluding ortho intramolecular Hbond substituents is 1. The molecule has 6 aromatic rings. The Labute approximate surface area is 475 Å². The average molecular weight is 1120 g/mol. The Bertz CT molecular complexity index is 3430. The van der Waals surface area contributed by atoms with Gasteiger partial charge in [0.1, 0.15) is 48.0 Å². The summed E-state index contributed by atoms with van der Waals surface area (Å²) in [6.07, 6.45) is 6.77. The molecule has 6 fully saturated rings. The molecule has 6 saturated heterocycles. The number of nitriles is 1. The normalized spacial score (nSPS) is 24.3. The molecule has 9 heterocycles. The Balaban J connectivity index is 0.680. The highest BCUT2D eigenvalue weighted by molar-refractivity contribution is 6.02. The number of ether oxygens (including phenoxy) is 2. The van der Waals surface area contributed by atoms with E-state index in [1.165, 1.54) is 4.90 Å². The van der Waals surface area contributed by atoms with Crippen LogP contribution in [0.1, 0.15) is 107 Å². The van der Waals surface area contributed by atoms with Gasteiger partial charge in [-0.1, -0.05) is 56.3 Å². The van der Waals surface area contributed by atoms with Crippen molar-refractivity contribution in [3.63, 3.8) is 0 Å². The molecular formula is C61H71FN12O8. The summed E-state index contributed by atoms with van der Waals surface area (Å²) in [5.41, 5.74) is 2.70. The molecule has 20 nitrogen and oxygen atoms in total. The van der Waals surface area contributed by atoms with Crippen molar-refractivity contribution in [3.05, 3.63) is 95.1 Å². The number of hydrogen-bond donors (Lipinski definition) is 4. The van der Waals surface area contributed by atoms with Crippen molar-refractivity contribution >= 4 is 51.2 Å². The van der Waals surface area contributed by atoms with E-state index < -0.39 is 36.0 Å².